The molecule has 0 saturated carbocycles. The van der Waals surface area contributed by atoms with Crippen molar-refractivity contribution in [3.63, 3.8) is 0 Å². The van der Waals surface area contributed by atoms with Gasteiger partial charge in [0.15, 0.2) is 5.78 Å². The van der Waals surface area contributed by atoms with Crippen LogP contribution in [0, 0.1) is 6.92 Å². The molecule has 0 bridgehead atoms. The van der Waals surface area contributed by atoms with Crippen LogP contribution in [0.25, 0.3) is 5.69 Å². The molecule has 1 N–H and O–H groups in total. The number of allylic oxidation sites excluding steroid dienone is 2. The van der Waals surface area contributed by atoms with Gasteiger partial charge in [-0.25, -0.2) is 4.68 Å². The molecule has 6 nitrogen and oxygen atoms in total. The van der Waals surface area contributed by atoms with Gasteiger partial charge in [-0.1, -0.05) is 30.3 Å². The standard InChI is InChI=1S/C27H28N4O2/c1-18-24-25(19-10-12-20(13-11-19)30-14-16-33-17-15-30)26-22(8-5-9-23(26)32)28-27(24)31(29-18)21-6-3-2-4-7-21/h2-4,6-7,10-13,25,28H,5,8-9,14-17H2,1H3/t25-/m1/s1. The van der Waals surface area contributed by atoms with Gasteiger partial charge in [-0.3, -0.25) is 4.79 Å². The molecule has 0 spiro atoms. The number of carbonyl (C=O) groups excluding carboxylic acids is 1. The van der Waals surface area contributed by atoms with Crippen LogP contribution in [0.3, 0.4) is 0 Å². The Bertz CT molecular complexity index is 1220. The minimum absolute atomic E-state index is 0.0970. The molecule has 168 valence electrons. The third kappa shape index (κ3) is 3.45. The van der Waals surface area contributed by atoms with E-state index in [-0.39, 0.29) is 11.7 Å². The predicted octanol–water partition coefficient (Wildman–Crippen LogP) is 4.58. The van der Waals surface area contributed by atoms with E-state index in [1.807, 2.05) is 29.8 Å². The van der Waals surface area contributed by atoms with Gasteiger partial charge < -0.3 is 15.0 Å². The zero-order valence-corrected chi connectivity index (χ0v) is 18.9. The molecule has 0 amide bonds. The van der Waals surface area contributed by atoms with Gasteiger partial charge in [0.2, 0.25) is 0 Å². The van der Waals surface area contributed by atoms with Crippen LogP contribution < -0.4 is 10.2 Å². The predicted molar refractivity (Wildman–Crippen MR) is 129 cm³/mol. The zero-order chi connectivity index (χ0) is 22.4. The molecule has 6 rings (SSSR count). The summed E-state index contributed by atoms with van der Waals surface area (Å²) >= 11 is 0. The SMILES string of the molecule is Cc1nn(-c2ccccc2)c2c1[C@@H](c1ccc(N3CCOCC3)cc1)C1=C(CCCC1=O)N2. The summed E-state index contributed by atoms with van der Waals surface area (Å²) in [6.07, 6.45) is 2.40. The number of carbonyl (C=O) groups is 1. The maximum absolute atomic E-state index is 13.2. The van der Waals surface area contributed by atoms with Crippen molar-refractivity contribution in [3.8, 4) is 5.69 Å². The highest BCUT2D eigenvalue weighted by atomic mass is 16.5. The normalized spacial score (nSPS) is 20.3. The number of anilines is 2. The molecule has 3 heterocycles. The third-order valence-electron chi connectivity index (χ3n) is 7.01. The van der Waals surface area contributed by atoms with Gasteiger partial charge >= 0.3 is 0 Å². The van der Waals surface area contributed by atoms with Crippen molar-refractivity contribution >= 4 is 17.3 Å². The summed E-state index contributed by atoms with van der Waals surface area (Å²) in [5.74, 6) is 1.14. The van der Waals surface area contributed by atoms with E-state index in [1.54, 1.807) is 0 Å². The summed E-state index contributed by atoms with van der Waals surface area (Å²) < 4.78 is 7.49. The van der Waals surface area contributed by atoms with Gasteiger partial charge in [-0.15, -0.1) is 0 Å². The Morgan fingerprint density at radius 3 is 2.48 bits per heavy atom. The maximum atomic E-state index is 13.2. The number of nitrogens with zero attached hydrogens (tertiary/aromatic N) is 3. The lowest BCUT2D eigenvalue weighted by Gasteiger charge is -2.33. The first-order chi connectivity index (χ1) is 16.2. The topological polar surface area (TPSA) is 59.4 Å². The van der Waals surface area contributed by atoms with Crippen molar-refractivity contribution in [1.82, 2.24) is 9.78 Å². The highest BCUT2D eigenvalue weighted by Crippen LogP contribution is 2.47. The Kier molecular flexibility index (Phi) is 5.03. The fourth-order valence-electron chi connectivity index (χ4n) is 5.41. The molecular weight excluding hydrogens is 412 g/mol. The molecule has 33 heavy (non-hydrogen) atoms. The summed E-state index contributed by atoms with van der Waals surface area (Å²) in [6.45, 7) is 5.40. The molecular formula is C27H28N4O2. The van der Waals surface area contributed by atoms with Crippen LogP contribution >= 0.6 is 0 Å². The number of ketones is 1. The smallest absolute Gasteiger partial charge is 0.161 e. The molecule has 0 unspecified atom stereocenters. The fourth-order valence-corrected chi connectivity index (χ4v) is 5.41. The van der Waals surface area contributed by atoms with E-state index in [4.69, 9.17) is 9.84 Å². The van der Waals surface area contributed by atoms with Crippen LogP contribution in [-0.4, -0.2) is 41.9 Å². The number of nitrogens with one attached hydrogen (secondary N) is 1. The minimum Gasteiger partial charge on any atom is -0.378 e. The average Bonchev–Trinajstić information content (AvgIpc) is 3.20. The second-order valence-corrected chi connectivity index (χ2v) is 9.01. The van der Waals surface area contributed by atoms with Crippen molar-refractivity contribution in [2.24, 2.45) is 0 Å². The Morgan fingerprint density at radius 1 is 0.970 bits per heavy atom. The van der Waals surface area contributed by atoms with Crippen molar-refractivity contribution in [2.75, 3.05) is 36.5 Å². The van der Waals surface area contributed by atoms with Crippen molar-refractivity contribution in [3.05, 3.63) is 82.7 Å². The van der Waals surface area contributed by atoms with Gasteiger partial charge in [-0.2, -0.15) is 5.10 Å². The lowest BCUT2D eigenvalue weighted by molar-refractivity contribution is -0.116. The van der Waals surface area contributed by atoms with Gasteiger partial charge in [0, 0.05) is 47.9 Å². The lowest BCUT2D eigenvalue weighted by atomic mass is 9.76. The molecule has 1 saturated heterocycles. The molecule has 3 aromatic rings. The Hall–Kier alpha value is -3.38. The van der Waals surface area contributed by atoms with Gasteiger partial charge in [-0.05, 0) is 49.6 Å². The first kappa shape index (κ1) is 20.2. The van der Waals surface area contributed by atoms with Crippen molar-refractivity contribution in [1.29, 1.82) is 0 Å². The van der Waals surface area contributed by atoms with E-state index in [1.165, 1.54) is 5.69 Å². The first-order valence-electron chi connectivity index (χ1n) is 11.8. The number of benzene rings is 2. The van der Waals surface area contributed by atoms with Gasteiger partial charge in [0.05, 0.1) is 24.6 Å². The number of morpholine rings is 1. The largest absolute Gasteiger partial charge is 0.378 e. The van der Waals surface area contributed by atoms with E-state index in [2.05, 4.69) is 46.6 Å². The molecule has 1 aliphatic carbocycles. The Labute approximate surface area is 193 Å². The van der Waals surface area contributed by atoms with Crippen LogP contribution in [-0.2, 0) is 9.53 Å². The highest BCUT2D eigenvalue weighted by molar-refractivity contribution is 6.01. The number of rotatable bonds is 3. The average molecular weight is 441 g/mol. The van der Waals surface area contributed by atoms with E-state index in [0.29, 0.717) is 6.42 Å². The monoisotopic (exact) mass is 440 g/mol. The molecule has 6 heteroatoms. The first-order valence-corrected chi connectivity index (χ1v) is 11.8. The minimum atomic E-state index is -0.0970. The van der Waals surface area contributed by atoms with Gasteiger partial charge in [0.1, 0.15) is 5.82 Å². The molecule has 1 aromatic heterocycles. The number of aryl methyl sites for hydroxylation is 1. The number of aromatic nitrogens is 2. The van der Waals surface area contributed by atoms with Crippen LogP contribution in [0.1, 0.15) is 42.0 Å². The fraction of sp³-hybridized carbons (Fsp3) is 0.333. The second kappa shape index (κ2) is 8.19. The van der Waals surface area contributed by atoms with E-state index >= 15 is 0 Å². The Balaban J connectivity index is 1.47. The highest BCUT2D eigenvalue weighted by Gasteiger charge is 2.38. The van der Waals surface area contributed by atoms with E-state index in [0.717, 1.165) is 78.7 Å². The third-order valence-corrected chi connectivity index (χ3v) is 7.01. The molecule has 2 aromatic carbocycles. The summed E-state index contributed by atoms with van der Waals surface area (Å²) in [6, 6.07) is 19.0. The van der Waals surface area contributed by atoms with Crippen LogP contribution in [0.2, 0.25) is 0 Å². The van der Waals surface area contributed by atoms with Crippen LogP contribution in [0.4, 0.5) is 11.5 Å². The number of hydrogen-bond donors (Lipinski definition) is 1. The van der Waals surface area contributed by atoms with Crippen molar-refractivity contribution < 1.29 is 9.53 Å². The zero-order valence-electron chi connectivity index (χ0n) is 18.9. The van der Waals surface area contributed by atoms with Crippen molar-refractivity contribution in [2.45, 2.75) is 32.1 Å². The molecule has 1 atom stereocenters. The number of Topliss-reactive ketones (excluding diaryl/α,β-unsaturated/α-hetero) is 1. The van der Waals surface area contributed by atoms with E-state index < -0.39 is 0 Å². The van der Waals surface area contributed by atoms with Crippen LogP contribution in [0.15, 0.2) is 65.9 Å². The summed E-state index contributed by atoms with van der Waals surface area (Å²) in [7, 11) is 0. The lowest BCUT2D eigenvalue weighted by Crippen LogP contribution is -2.36. The summed E-state index contributed by atoms with van der Waals surface area (Å²) in [4.78, 5) is 15.5. The number of ether oxygens (including phenoxy) is 1. The Morgan fingerprint density at radius 2 is 1.73 bits per heavy atom. The maximum Gasteiger partial charge on any atom is 0.161 e. The molecule has 0 radical (unpaired) electrons. The van der Waals surface area contributed by atoms with Crippen LogP contribution in [0.5, 0.6) is 0 Å². The summed E-state index contributed by atoms with van der Waals surface area (Å²) in [5.41, 5.74) is 7.40. The molecule has 2 aliphatic heterocycles. The van der Waals surface area contributed by atoms with Gasteiger partial charge in [0.25, 0.3) is 0 Å². The molecule has 1 fully saturated rings. The quantitative estimate of drug-likeness (QED) is 0.646. The second-order valence-electron chi connectivity index (χ2n) is 9.01. The number of hydrogen-bond acceptors (Lipinski definition) is 5. The number of para-hydroxylation sites is 1. The number of fused-ring (bicyclic) bond motifs is 1. The summed E-state index contributed by atoms with van der Waals surface area (Å²) in [5, 5.41) is 8.52. The van der Waals surface area contributed by atoms with E-state index in [9.17, 15) is 4.79 Å². The molecule has 3 aliphatic rings.